The average molecular weight is 250 g/mol. The molecule has 1 amide bonds. The number of amides is 1. The van der Waals surface area contributed by atoms with Crippen LogP contribution in [0.25, 0.3) is 0 Å². The highest BCUT2D eigenvalue weighted by Crippen LogP contribution is 2.24. The first-order chi connectivity index (χ1) is 8.60. The third-order valence-electron chi connectivity index (χ3n) is 2.68. The average Bonchev–Trinajstić information content (AvgIpc) is 2.34. The zero-order chi connectivity index (χ0) is 13.5. The molecule has 0 radical (unpaired) electrons. The van der Waals surface area contributed by atoms with E-state index in [4.69, 9.17) is 4.74 Å². The maximum Gasteiger partial charge on any atom is 0.260 e. The monoisotopic (exact) mass is 250 g/mol. The maximum atomic E-state index is 11.7. The Morgan fingerprint density at radius 2 is 2.17 bits per heavy atom. The van der Waals surface area contributed by atoms with E-state index in [1.54, 1.807) is 6.92 Å². The molecule has 0 aliphatic rings. The van der Waals surface area contributed by atoms with Crippen LogP contribution in [0.2, 0.25) is 0 Å². The van der Waals surface area contributed by atoms with Crippen LogP contribution in [-0.2, 0) is 11.3 Å². The van der Waals surface area contributed by atoms with Gasteiger partial charge >= 0.3 is 0 Å². The fourth-order valence-corrected chi connectivity index (χ4v) is 1.76. The van der Waals surface area contributed by atoms with E-state index < -0.39 is 6.10 Å². The standard InChI is InChI=1S/C14H22N2O2/c1-5-16-14(17)11(3)18-13-10(2)7-6-8-12(13)9-15-4/h6-8,11,15H,5,9H2,1-4H3,(H,16,17). The lowest BCUT2D eigenvalue weighted by molar-refractivity contribution is -0.127. The van der Waals surface area contributed by atoms with Gasteiger partial charge in [-0.2, -0.15) is 0 Å². The number of likely N-dealkylation sites (N-methyl/N-ethyl adjacent to an activating group) is 1. The number of para-hydroxylation sites is 1. The smallest absolute Gasteiger partial charge is 0.260 e. The largest absolute Gasteiger partial charge is 0.480 e. The van der Waals surface area contributed by atoms with Crippen molar-refractivity contribution < 1.29 is 9.53 Å². The summed E-state index contributed by atoms with van der Waals surface area (Å²) in [5, 5.41) is 5.86. The molecule has 1 unspecified atom stereocenters. The van der Waals surface area contributed by atoms with Crippen LogP contribution in [0.5, 0.6) is 5.75 Å². The first-order valence-corrected chi connectivity index (χ1v) is 6.27. The van der Waals surface area contributed by atoms with Crippen molar-refractivity contribution in [2.75, 3.05) is 13.6 Å². The zero-order valence-electron chi connectivity index (χ0n) is 11.5. The zero-order valence-corrected chi connectivity index (χ0v) is 11.5. The Morgan fingerprint density at radius 3 is 2.78 bits per heavy atom. The Balaban J connectivity index is 2.85. The molecule has 1 atom stereocenters. The first kappa shape index (κ1) is 14.5. The minimum atomic E-state index is -0.485. The number of hydrogen-bond donors (Lipinski definition) is 2. The molecule has 4 heteroatoms. The van der Waals surface area contributed by atoms with Crippen LogP contribution >= 0.6 is 0 Å². The summed E-state index contributed by atoms with van der Waals surface area (Å²) in [7, 11) is 1.89. The van der Waals surface area contributed by atoms with Crippen LogP contribution < -0.4 is 15.4 Å². The van der Waals surface area contributed by atoms with Crippen molar-refractivity contribution in [2.45, 2.75) is 33.4 Å². The molecule has 0 aliphatic carbocycles. The molecule has 1 rings (SSSR count). The number of hydrogen-bond acceptors (Lipinski definition) is 3. The third-order valence-corrected chi connectivity index (χ3v) is 2.68. The van der Waals surface area contributed by atoms with E-state index in [9.17, 15) is 4.79 Å². The topological polar surface area (TPSA) is 50.4 Å². The van der Waals surface area contributed by atoms with Crippen molar-refractivity contribution in [2.24, 2.45) is 0 Å². The summed E-state index contributed by atoms with van der Waals surface area (Å²) in [6.07, 6.45) is -0.485. The number of benzene rings is 1. The highest BCUT2D eigenvalue weighted by molar-refractivity contribution is 5.80. The van der Waals surface area contributed by atoms with Crippen molar-refractivity contribution in [3.8, 4) is 5.75 Å². The minimum Gasteiger partial charge on any atom is -0.480 e. The maximum absolute atomic E-state index is 11.7. The fourth-order valence-electron chi connectivity index (χ4n) is 1.76. The summed E-state index contributed by atoms with van der Waals surface area (Å²) in [5.41, 5.74) is 2.10. The molecule has 0 bridgehead atoms. The molecule has 0 aliphatic heterocycles. The highest BCUT2D eigenvalue weighted by Gasteiger charge is 2.16. The molecular formula is C14H22N2O2. The van der Waals surface area contributed by atoms with Crippen LogP contribution in [0.4, 0.5) is 0 Å². The second-order valence-electron chi connectivity index (χ2n) is 4.25. The van der Waals surface area contributed by atoms with Crippen molar-refractivity contribution in [3.05, 3.63) is 29.3 Å². The van der Waals surface area contributed by atoms with Crippen LogP contribution in [0.15, 0.2) is 18.2 Å². The Morgan fingerprint density at radius 1 is 1.44 bits per heavy atom. The highest BCUT2D eigenvalue weighted by atomic mass is 16.5. The van der Waals surface area contributed by atoms with Gasteiger partial charge in [0.05, 0.1) is 0 Å². The quantitative estimate of drug-likeness (QED) is 0.806. The molecule has 0 heterocycles. The number of nitrogens with one attached hydrogen (secondary N) is 2. The summed E-state index contributed by atoms with van der Waals surface area (Å²) in [4.78, 5) is 11.7. The number of aryl methyl sites for hydroxylation is 1. The van der Waals surface area contributed by atoms with Gasteiger partial charge in [0, 0.05) is 18.7 Å². The Hall–Kier alpha value is -1.55. The van der Waals surface area contributed by atoms with Crippen molar-refractivity contribution in [1.82, 2.24) is 10.6 Å². The van der Waals surface area contributed by atoms with Gasteiger partial charge in [0.25, 0.3) is 5.91 Å². The predicted molar refractivity (Wildman–Crippen MR) is 72.7 cm³/mol. The van der Waals surface area contributed by atoms with E-state index in [-0.39, 0.29) is 5.91 Å². The van der Waals surface area contributed by atoms with E-state index in [1.165, 1.54) is 0 Å². The summed E-state index contributed by atoms with van der Waals surface area (Å²) < 4.78 is 5.79. The molecule has 0 aromatic heterocycles. The van der Waals surface area contributed by atoms with Crippen LogP contribution in [-0.4, -0.2) is 25.6 Å². The van der Waals surface area contributed by atoms with Crippen molar-refractivity contribution in [1.29, 1.82) is 0 Å². The molecule has 1 aromatic rings. The van der Waals surface area contributed by atoms with Gasteiger partial charge in [0.15, 0.2) is 6.10 Å². The van der Waals surface area contributed by atoms with Gasteiger partial charge in [0.1, 0.15) is 5.75 Å². The molecular weight excluding hydrogens is 228 g/mol. The number of carbonyl (C=O) groups is 1. The fraction of sp³-hybridized carbons (Fsp3) is 0.500. The molecule has 4 nitrogen and oxygen atoms in total. The number of rotatable bonds is 6. The summed E-state index contributed by atoms with van der Waals surface area (Å²) in [6, 6.07) is 5.98. The van der Waals surface area contributed by atoms with Crippen molar-refractivity contribution >= 4 is 5.91 Å². The SMILES string of the molecule is CCNC(=O)C(C)Oc1c(C)cccc1CNC. The van der Waals surface area contributed by atoms with Gasteiger partial charge in [-0.25, -0.2) is 0 Å². The Kier molecular flexibility index (Phi) is 5.65. The lowest BCUT2D eigenvalue weighted by Gasteiger charge is -2.18. The lowest BCUT2D eigenvalue weighted by Crippen LogP contribution is -2.36. The van der Waals surface area contributed by atoms with Gasteiger partial charge in [-0.05, 0) is 33.4 Å². The van der Waals surface area contributed by atoms with Gasteiger partial charge in [-0.15, -0.1) is 0 Å². The summed E-state index contributed by atoms with van der Waals surface area (Å²) in [6.45, 7) is 6.98. The van der Waals surface area contributed by atoms with E-state index in [2.05, 4.69) is 10.6 Å². The molecule has 2 N–H and O–H groups in total. The predicted octanol–water partition coefficient (Wildman–Crippen LogP) is 1.62. The van der Waals surface area contributed by atoms with Crippen LogP contribution in [0, 0.1) is 6.92 Å². The first-order valence-electron chi connectivity index (χ1n) is 6.27. The molecule has 18 heavy (non-hydrogen) atoms. The molecule has 0 saturated heterocycles. The van der Waals surface area contributed by atoms with Crippen LogP contribution in [0.3, 0.4) is 0 Å². The third kappa shape index (κ3) is 3.74. The van der Waals surface area contributed by atoms with Gasteiger partial charge in [-0.1, -0.05) is 18.2 Å². The number of ether oxygens (including phenoxy) is 1. The normalized spacial score (nSPS) is 12.0. The second kappa shape index (κ2) is 7.01. The summed E-state index contributed by atoms with van der Waals surface area (Å²) >= 11 is 0. The van der Waals surface area contributed by atoms with Crippen LogP contribution in [0.1, 0.15) is 25.0 Å². The Labute approximate surface area is 109 Å². The van der Waals surface area contributed by atoms with Crippen molar-refractivity contribution in [3.63, 3.8) is 0 Å². The molecule has 0 saturated carbocycles. The van der Waals surface area contributed by atoms with Gasteiger partial charge < -0.3 is 15.4 Å². The van der Waals surface area contributed by atoms with E-state index in [0.29, 0.717) is 6.54 Å². The second-order valence-corrected chi connectivity index (χ2v) is 4.25. The van der Waals surface area contributed by atoms with Gasteiger partial charge in [-0.3, -0.25) is 4.79 Å². The number of carbonyl (C=O) groups excluding carboxylic acids is 1. The molecule has 1 aromatic carbocycles. The molecule has 100 valence electrons. The van der Waals surface area contributed by atoms with E-state index in [0.717, 1.165) is 23.4 Å². The van der Waals surface area contributed by atoms with Gasteiger partial charge in [0.2, 0.25) is 0 Å². The lowest BCUT2D eigenvalue weighted by atomic mass is 10.1. The van der Waals surface area contributed by atoms with E-state index >= 15 is 0 Å². The molecule has 0 fully saturated rings. The Bertz CT molecular complexity index is 405. The van der Waals surface area contributed by atoms with E-state index in [1.807, 2.05) is 39.1 Å². The summed E-state index contributed by atoms with van der Waals surface area (Å²) in [5.74, 6) is 0.710. The minimum absolute atomic E-state index is 0.0869. The molecule has 0 spiro atoms.